The molecule has 0 unspecified atom stereocenters. The zero-order chi connectivity index (χ0) is 20.6. The number of nitrogens with one attached hydrogen (secondary N) is 1. The highest BCUT2D eigenvalue weighted by molar-refractivity contribution is 7.92. The van der Waals surface area contributed by atoms with Crippen molar-refractivity contribution in [1.82, 2.24) is 0 Å². The number of rotatable bonds is 4. The van der Waals surface area contributed by atoms with Gasteiger partial charge in [-0.3, -0.25) is 9.52 Å². The molecule has 8 heteroatoms. The SMILES string of the molecule is O=C(c1ccccc1)N1CCc2cc(S(=O)(=O)Nc3ccc(Cl)cc3Cl)ccc21. The molecule has 1 N–H and O–H groups in total. The van der Waals surface area contributed by atoms with Crippen LogP contribution in [-0.4, -0.2) is 20.9 Å². The van der Waals surface area contributed by atoms with Gasteiger partial charge in [-0.1, -0.05) is 41.4 Å². The van der Waals surface area contributed by atoms with E-state index >= 15 is 0 Å². The molecule has 0 fully saturated rings. The van der Waals surface area contributed by atoms with E-state index in [1.807, 2.05) is 18.2 Å². The summed E-state index contributed by atoms with van der Waals surface area (Å²) in [5.41, 5.74) is 2.37. The van der Waals surface area contributed by atoms with Crippen molar-refractivity contribution in [2.24, 2.45) is 0 Å². The van der Waals surface area contributed by atoms with Crippen molar-refractivity contribution in [2.45, 2.75) is 11.3 Å². The van der Waals surface area contributed by atoms with Crippen LogP contribution in [0.1, 0.15) is 15.9 Å². The molecule has 0 spiro atoms. The van der Waals surface area contributed by atoms with Gasteiger partial charge in [-0.05, 0) is 60.5 Å². The first kappa shape index (κ1) is 19.8. The van der Waals surface area contributed by atoms with Crippen molar-refractivity contribution in [3.8, 4) is 0 Å². The van der Waals surface area contributed by atoms with E-state index in [2.05, 4.69) is 4.72 Å². The summed E-state index contributed by atoms with van der Waals surface area (Å²) >= 11 is 11.9. The Kier molecular flexibility index (Phi) is 5.25. The quantitative estimate of drug-likeness (QED) is 0.613. The number of sulfonamides is 1. The predicted molar refractivity (Wildman–Crippen MR) is 116 cm³/mol. The third-order valence-electron chi connectivity index (χ3n) is 4.70. The van der Waals surface area contributed by atoms with Crippen molar-refractivity contribution in [3.63, 3.8) is 0 Å². The molecule has 1 heterocycles. The van der Waals surface area contributed by atoms with Gasteiger partial charge in [0.05, 0.1) is 15.6 Å². The summed E-state index contributed by atoms with van der Waals surface area (Å²) in [7, 11) is -3.84. The zero-order valence-corrected chi connectivity index (χ0v) is 17.4. The molecule has 0 radical (unpaired) electrons. The lowest BCUT2D eigenvalue weighted by Gasteiger charge is -2.18. The molecule has 0 aliphatic carbocycles. The van der Waals surface area contributed by atoms with Crippen LogP contribution in [0.15, 0.2) is 71.6 Å². The van der Waals surface area contributed by atoms with Crippen LogP contribution < -0.4 is 9.62 Å². The summed E-state index contributed by atoms with van der Waals surface area (Å²) in [4.78, 5) is 14.5. The Hall–Kier alpha value is -2.54. The second kappa shape index (κ2) is 7.71. The van der Waals surface area contributed by atoms with E-state index in [1.165, 1.54) is 18.2 Å². The van der Waals surface area contributed by atoms with Gasteiger partial charge in [0.2, 0.25) is 0 Å². The van der Waals surface area contributed by atoms with Gasteiger partial charge in [0.25, 0.3) is 15.9 Å². The number of amides is 1. The minimum atomic E-state index is -3.84. The lowest BCUT2D eigenvalue weighted by Crippen LogP contribution is -2.28. The third-order valence-corrected chi connectivity index (χ3v) is 6.61. The Balaban J connectivity index is 1.61. The number of fused-ring (bicyclic) bond motifs is 1. The first-order valence-electron chi connectivity index (χ1n) is 8.83. The van der Waals surface area contributed by atoms with E-state index in [0.29, 0.717) is 23.6 Å². The molecule has 1 amide bonds. The maximum atomic E-state index is 12.8. The van der Waals surface area contributed by atoms with Gasteiger partial charge in [-0.2, -0.15) is 0 Å². The maximum absolute atomic E-state index is 12.8. The number of halogens is 2. The Bertz CT molecular complexity index is 1200. The van der Waals surface area contributed by atoms with E-state index in [4.69, 9.17) is 23.2 Å². The van der Waals surface area contributed by atoms with Gasteiger partial charge in [-0.25, -0.2) is 8.42 Å². The third kappa shape index (κ3) is 3.96. The number of nitrogens with zero attached hydrogens (tertiary/aromatic N) is 1. The van der Waals surface area contributed by atoms with Gasteiger partial charge in [0.15, 0.2) is 0 Å². The zero-order valence-electron chi connectivity index (χ0n) is 15.1. The second-order valence-electron chi connectivity index (χ2n) is 6.59. The van der Waals surface area contributed by atoms with Crippen LogP contribution in [-0.2, 0) is 16.4 Å². The Morgan fingerprint density at radius 2 is 1.72 bits per heavy atom. The first-order valence-corrected chi connectivity index (χ1v) is 11.1. The molecule has 0 saturated carbocycles. The number of carbonyl (C=O) groups excluding carboxylic acids is 1. The average molecular weight is 447 g/mol. The minimum Gasteiger partial charge on any atom is -0.308 e. The van der Waals surface area contributed by atoms with Crippen molar-refractivity contribution >= 4 is 50.5 Å². The van der Waals surface area contributed by atoms with Crippen molar-refractivity contribution in [1.29, 1.82) is 0 Å². The number of hydrogen-bond donors (Lipinski definition) is 1. The number of benzene rings is 3. The molecule has 4 rings (SSSR count). The molecule has 29 heavy (non-hydrogen) atoms. The van der Waals surface area contributed by atoms with Crippen molar-refractivity contribution < 1.29 is 13.2 Å². The van der Waals surface area contributed by atoms with Gasteiger partial charge in [0.1, 0.15) is 0 Å². The van der Waals surface area contributed by atoms with E-state index in [0.717, 1.165) is 11.3 Å². The highest BCUT2D eigenvalue weighted by Gasteiger charge is 2.27. The van der Waals surface area contributed by atoms with Crippen LogP contribution in [0.4, 0.5) is 11.4 Å². The van der Waals surface area contributed by atoms with Gasteiger partial charge >= 0.3 is 0 Å². The van der Waals surface area contributed by atoms with Gasteiger partial charge in [0, 0.05) is 22.8 Å². The molecular formula is C21H16Cl2N2O3S. The number of hydrogen-bond acceptors (Lipinski definition) is 3. The lowest BCUT2D eigenvalue weighted by molar-refractivity contribution is 0.0989. The van der Waals surface area contributed by atoms with Crippen LogP contribution in [0.5, 0.6) is 0 Å². The van der Waals surface area contributed by atoms with Crippen LogP contribution in [0.2, 0.25) is 10.0 Å². The fourth-order valence-corrected chi connectivity index (χ4v) is 4.91. The van der Waals surface area contributed by atoms with Crippen molar-refractivity contribution in [3.05, 3.63) is 87.9 Å². The van der Waals surface area contributed by atoms with Crippen LogP contribution >= 0.6 is 23.2 Å². The Morgan fingerprint density at radius 1 is 0.966 bits per heavy atom. The fraction of sp³-hybridized carbons (Fsp3) is 0.0952. The summed E-state index contributed by atoms with van der Waals surface area (Å²) < 4.78 is 28.1. The molecular weight excluding hydrogens is 431 g/mol. The summed E-state index contributed by atoms with van der Waals surface area (Å²) in [5.74, 6) is -0.106. The summed E-state index contributed by atoms with van der Waals surface area (Å²) in [6, 6.07) is 18.3. The molecule has 1 aliphatic heterocycles. The normalized spacial score (nSPS) is 13.2. The predicted octanol–water partition coefficient (Wildman–Crippen LogP) is 5.00. The largest absolute Gasteiger partial charge is 0.308 e. The Labute approximate surface area is 178 Å². The minimum absolute atomic E-state index is 0.106. The van der Waals surface area contributed by atoms with E-state index in [9.17, 15) is 13.2 Å². The number of anilines is 2. The topological polar surface area (TPSA) is 66.5 Å². The fourth-order valence-electron chi connectivity index (χ4n) is 3.27. The molecule has 5 nitrogen and oxygen atoms in total. The van der Waals surface area contributed by atoms with Crippen LogP contribution in [0.25, 0.3) is 0 Å². The smallest absolute Gasteiger partial charge is 0.261 e. The Morgan fingerprint density at radius 3 is 2.45 bits per heavy atom. The maximum Gasteiger partial charge on any atom is 0.261 e. The molecule has 0 atom stereocenters. The molecule has 0 saturated heterocycles. The molecule has 3 aromatic rings. The van der Waals surface area contributed by atoms with Crippen molar-refractivity contribution in [2.75, 3.05) is 16.2 Å². The highest BCUT2D eigenvalue weighted by atomic mass is 35.5. The van der Waals surface area contributed by atoms with E-state index < -0.39 is 10.0 Å². The standard InChI is InChI=1S/C21H16Cl2N2O3S/c22-16-6-8-19(18(23)13-16)24-29(27,28)17-7-9-20-15(12-17)10-11-25(20)21(26)14-4-2-1-3-5-14/h1-9,12-13,24H,10-11H2. The van der Waals surface area contributed by atoms with Crippen LogP contribution in [0, 0.1) is 0 Å². The molecule has 0 bridgehead atoms. The molecule has 1 aliphatic rings. The lowest BCUT2D eigenvalue weighted by atomic mass is 10.1. The molecule has 3 aromatic carbocycles. The van der Waals surface area contributed by atoms with E-state index in [-0.39, 0.29) is 21.5 Å². The summed E-state index contributed by atoms with van der Waals surface area (Å²) in [6.45, 7) is 0.503. The van der Waals surface area contributed by atoms with Gasteiger partial charge < -0.3 is 4.90 Å². The van der Waals surface area contributed by atoms with Gasteiger partial charge in [-0.15, -0.1) is 0 Å². The van der Waals surface area contributed by atoms with Crippen LogP contribution in [0.3, 0.4) is 0 Å². The molecule has 148 valence electrons. The first-order chi connectivity index (χ1) is 13.8. The summed E-state index contributed by atoms with van der Waals surface area (Å²) in [6.07, 6.45) is 0.582. The highest BCUT2D eigenvalue weighted by Crippen LogP contribution is 2.33. The monoisotopic (exact) mass is 446 g/mol. The second-order valence-corrected chi connectivity index (χ2v) is 9.12. The van der Waals surface area contributed by atoms with E-state index in [1.54, 1.807) is 35.2 Å². The number of carbonyl (C=O) groups is 1. The average Bonchev–Trinajstić information content (AvgIpc) is 3.13. The molecule has 0 aromatic heterocycles. The summed E-state index contributed by atoms with van der Waals surface area (Å²) in [5, 5.41) is 0.625.